The van der Waals surface area contributed by atoms with Gasteiger partial charge in [0, 0.05) is 4.78 Å². The lowest BCUT2D eigenvalue weighted by Gasteiger charge is -1.87. The Labute approximate surface area is 83.8 Å². The molecule has 0 amide bonds. The number of thiophene rings is 1. The summed E-state index contributed by atoms with van der Waals surface area (Å²) in [7, 11) is -1.43. The van der Waals surface area contributed by atoms with Gasteiger partial charge in [0.15, 0.2) is 0 Å². The summed E-state index contributed by atoms with van der Waals surface area (Å²) in [4.78, 5) is 4.03. The fraction of sp³-hybridized carbons (Fsp3) is 0. The molecule has 0 aromatic carbocycles. The van der Waals surface area contributed by atoms with Gasteiger partial charge in [-0.15, -0.1) is 11.3 Å². The number of fused-ring (bicyclic) bond motifs is 1. The van der Waals surface area contributed by atoms with Crippen molar-refractivity contribution in [1.29, 1.82) is 0 Å². The highest BCUT2D eigenvalue weighted by Gasteiger charge is 2.14. The molecule has 3 nitrogen and oxygen atoms in total. The van der Waals surface area contributed by atoms with Crippen LogP contribution >= 0.6 is 22.9 Å². The van der Waals surface area contributed by atoms with Crippen molar-refractivity contribution in [2.45, 2.75) is 0 Å². The summed E-state index contributed by atoms with van der Waals surface area (Å²) in [6.07, 6.45) is 0. The molecule has 2 heterocycles. The van der Waals surface area contributed by atoms with E-state index in [-0.39, 0.29) is 0 Å². The third kappa shape index (κ3) is 1.69. The molecule has 2 rings (SSSR count). The molecule has 0 atom stereocenters. The Morgan fingerprint density at radius 3 is 2.85 bits per heavy atom. The SMILES string of the molecule is OB(O)c1cc2nc(Cl)ccc2s1. The van der Waals surface area contributed by atoms with Gasteiger partial charge >= 0.3 is 7.12 Å². The number of pyridine rings is 1. The van der Waals surface area contributed by atoms with Crippen LogP contribution in [0.5, 0.6) is 0 Å². The number of hydrogen-bond donors (Lipinski definition) is 2. The molecule has 0 spiro atoms. The van der Waals surface area contributed by atoms with Crippen molar-refractivity contribution >= 4 is 45.0 Å². The van der Waals surface area contributed by atoms with Crippen molar-refractivity contribution in [1.82, 2.24) is 4.98 Å². The second-order valence-corrected chi connectivity index (χ2v) is 4.04. The Bertz CT molecular complexity index is 445. The summed E-state index contributed by atoms with van der Waals surface area (Å²) in [5.41, 5.74) is 0.695. The Morgan fingerprint density at radius 1 is 1.38 bits per heavy atom. The molecule has 0 bridgehead atoms. The van der Waals surface area contributed by atoms with Gasteiger partial charge in [-0.2, -0.15) is 0 Å². The molecular formula is C7H5BClNO2S. The van der Waals surface area contributed by atoms with Gasteiger partial charge in [0.2, 0.25) is 0 Å². The van der Waals surface area contributed by atoms with Gasteiger partial charge in [0.1, 0.15) is 5.15 Å². The number of rotatable bonds is 1. The molecule has 0 radical (unpaired) electrons. The lowest BCUT2D eigenvalue weighted by atomic mass is 9.90. The van der Waals surface area contributed by atoms with Crippen LogP contribution in [-0.4, -0.2) is 22.2 Å². The van der Waals surface area contributed by atoms with Crippen LogP contribution in [0.3, 0.4) is 0 Å². The quantitative estimate of drug-likeness (QED) is 0.540. The maximum Gasteiger partial charge on any atom is 0.499 e. The number of halogens is 1. The van der Waals surface area contributed by atoms with Crippen molar-refractivity contribution in [3.05, 3.63) is 23.4 Å². The number of hydrogen-bond acceptors (Lipinski definition) is 4. The van der Waals surface area contributed by atoms with E-state index >= 15 is 0 Å². The lowest BCUT2D eigenvalue weighted by molar-refractivity contribution is 0.427. The zero-order valence-electron chi connectivity index (χ0n) is 6.44. The van der Waals surface area contributed by atoms with Crippen LogP contribution in [0.1, 0.15) is 0 Å². The molecule has 6 heteroatoms. The largest absolute Gasteiger partial charge is 0.499 e. The lowest BCUT2D eigenvalue weighted by Crippen LogP contribution is -2.26. The van der Waals surface area contributed by atoms with Crippen molar-refractivity contribution in [2.75, 3.05) is 0 Å². The standard InChI is InChI=1S/C7H5BClNO2S/c9-7-2-1-5-4(10-7)3-6(13-5)8(11)12/h1-3,11-12H. The zero-order valence-corrected chi connectivity index (χ0v) is 8.01. The van der Waals surface area contributed by atoms with Crippen LogP contribution in [0.25, 0.3) is 10.2 Å². The molecule has 2 N–H and O–H groups in total. The van der Waals surface area contributed by atoms with Crippen LogP contribution in [0.15, 0.2) is 18.2 Å². The molecule has 0 aliphatic heterocycles. The van der Waals surface area contributed by atoms with Crippen LogP contribution in [-0.2, 0) is 0 Å². The van der Waals surface area contributed by atoms with Crippen LogP contribution < -0.4 is 4.78 Å². The summed E-state index contributed by atoms with van der Waals surface area (Å²) in [6.45, 7) is 0. The molecule has 13 heavy (non-hydrogen) atoms. The van der Waals surface area contributed by atoms with Crippen molar-refractivity contribution in [3.8, 4) is 0 Å². The Hall–Kier alpha value is -0.615. The van der Waals surface area contributed by atoms with Gasteiger partial charge in [0.05, 0.1) is 10.2 Å². The van der Waals surface area contributed by atoms with Crippen molar-refractivity contribution < 1.29 is 10.0 Å². The minimum atomic E-state index is -1.43. The maximum absolute atomic E-state index is 8.90. The predicted octanol–water partition coefficient (Wildman–Crippen LogP) is 0.629. The normalized spacial score (nSPS) is 10.7. The van der Waals surface area contributed by atoms with E-state index in [4.69, 9.17) is 21.6 Å². The van der Waals surface area contributed by atoms with E-state index in [1.165, 1.54) is 11.3 Å². The van der Waals surface area contributed by atoms with E-state index in [0.717, 1.165) is 4.70 Å². The first-order valence-electron chi connectivity index (χ1n) is 3.59. The molecule has 2 aromatic rings. The van der Waals surface area contributed by atoms with Gasteiger partial charge < -0.3 is 10.0 Å². The fourth-order valence-electron chi connectivity index (χ4n) is 1.05. The monoisotopic (exact) mass is 213 g/mol. The van der Waals surface area contributed by atoms with Crippen LogP contribution in [0.2, 0.25) is 5.15 Å². The average Bonchev–Trinajstić information content (AvgIpc) is 2.46. The van der Waals surface area contributed by atoms with Crippen LogP contribution in [0.4, 0.5) is 0 Å². The fourth-order valence-corrected chi connectivity index (χ4v) is 2.07. The summed E-state index contributed by atoms with van der Waals surface area (Å²) in [5, 5.41) is 18.2. The highest BCUT2D eigenvalue weighted by Crippen LogP contribution is 2.19. The predicted molar refractivity (Wildman–Crippen MR) is 54.5 cm³/mol. The molecule has 0 aliphatic carbocycles. The minimum absolute atomic E-state index is 0.407. The molecule has 0 aliphatic rings. The van der Waals surface area contributed by atoms with Gasteiger partial charge in [0.25, 0.3) is 0 Å². The molecule has 0 unspecified atom stereocenters. The third-order valence-electron chi connectivity index (χ3n) is 1.61. The van der Waals surface area contributed by atoms with E-state index < -0.39 is 7.12 Å². The second-order valence-electron chi connectivity index (χ2n) is 2.54. The molecule has 0 saturated carbocycles. The highest BCUT2D eigenvalue weighted by atomic mass is 35.5. The van der Waals surface area contributed by atoms with Crippen LogP contribution in [0, 0.1) is 0 Å². The van der Waals surface area contributed by atoms with Gasteiger partial charge in [-0.05, 0) is 18.2 Å². The first-order valence-corrected chi connectivity index (χ1v) is 4.78. The van der Waals surface area contributed by atoms with Gasteiger partial charge in [-0.3, -0.25) is 0 Å². The molecule has 0 fully saturated rings. The highest BCUT2D eigenvalue weighted by molar-refractivity contribution is 7.27. The van der Waals surface area contributed by atoms with Gasteiger partial charge in [-0.1, -0.05) is 11.6 Å². The molecule has 2 aromatic heterocycles. The summed E-state index contributed by atoms with van der Waals surface area (Å²) >= 11 is 6.97. The average molecular weight is 213 g/mol. The number of aromatic nitrogens is 1. The molecule has 66 valence electrons. The van der Waals surface area contributed by atoms with E-state index in [2.05, 4.69) is 4.98 Å². The maximum atomic E-state index is 8.90. The second kappa shape index (κ2) is 3.27. The summed E-state index contributed by atoms with van der Waals surface area (Å²) < 4.78 is 1.37. The Balaban J connectivity index is 2.62. The number of nitrogens with zero attached hydrogens (tertiary/aromatic N) is 1. The molecule has 0 saturated heterocycles. The zero-order chi connectivity index (χ0) is 9.42. The van der Waals surface area contributed by atoms with Crippen molar-refractivity contribution in [2.24, 2.45) is 0 Å². The minimum Gasteiger partial charge on any atom is -0.423 e. The van der Waals surface area contributed by atoms with E-state index in [0.29, 0.717) is 15.4 Å². The Morgan fingerprint density at radius 2 is 2.15 bits per heavy atom. The van der Waals surface area contributed by atoms with Gasteiger partial charge in [-0.25, -0.2) is 4.98 Å². The van der Waals surface area contributed by atoms with E-state index in [1.807, 2.05) is 0 Å². The third-order valence-corrected chi connectivity index (χ3v) is 2.95. The first-order chi connectivity index (χ1) is 6.16. The van der Waals surface area contributed by atoms with E-state index in [9.17, 15) is 0 Å². The first kappa shape index (κ1) is 8.96. The smallest absolute Gasteiger partial charge is 0.423 e. The summed E-state index contributed by atoms with van der Waals surface area (Å²) in [5.74, 6) is 0. The Kier molecular flexibility index (Phi) is 2.25. The summed E-state index contributed by atoms with van der Waals surface area (Å²) in [6, 6.07) is 5.10. The topological polar surface area (TPSA) is 53.4 Å². The molecular weight excluding hydrogens is 208 g/mol. The van der Waals surface area contributed by atoms with E-state index in [1.54, 1.807) is 18.2 Å². The van der Waals surface area contributed by atoms with Crippen molar-refractivity contribution in [3.63, 3.8) is 0 Å².